The molecule has 0 fully saturated rings. The van der Waals surface area contributed by atoms with E-state index in [1.165, 1.54) is 36.4 Å². The van der Waals surface area contributed by atoms with Crippen LogP contribution in [-0.4, -0.2) is 35.6 Å². The molecule has 2 rings (SSSR count). The van der Waals surface area contributed by atoms with Crippen LogP contribution in [-0.2, 0) is 0 Å². The van der Waals surface area contributed by atoms with E-state index in [4.69, 9.17) is 34.8 Å². The smallest absolute Gasteiger partial charge is 0.349 e. The van der Waals surface area contributed by atoms with Gasteiger partial charge in [0.1, 0.15) is 5.83 Å². The van der Waals surface area contributed by atoms with E-state index in [-0.39, 0.29) is 37.5 Å². The average molecular weight is 579 g/mol. The Hall–Kier alpha value is -1.55. The molecule has 2 aromatic rings. The molecule has 2 aromatic carbocycles. The van der Waals surface area contributed by atoms with Crippen molar-refractivity contribution in [3.63, 3.8) is 0 Å². The molecule has 0 aromatic heterocycles. The van der Waals surface area contributed by atoms with Crippen molar-refractivity contribution in [2.24, 2.45) is 0 Å². The number of alkyl halides is 5. The van der Waals surface area contributed by atoms with Crippen molar-refractivity contribution in [3.8, 4) is 0 Å². The number of nitrogens with one attached hydrogen (secondary N) is 1. The predicted molar refractivity (Wildman–Crippen MR) is 131 cm³/mol. The predicted octanol–water partition coefficient (Wildman–Crippen LogP) is 8.81. The average Bonchev–Trinajstić information content (AvgIpc) is 2.73. The van der Waals surface area contributed by atoms with Gasteiger partial charge in [0.2, 0.25) is 0 Å². The molecule has 0 aliphatic carbocycles. The molecule has 2 nitrogen and oxygen atoms in total. The first-order valence-corrected chi connectivity index (χ1v) is 12.3. The van der Waals surface area contributed by atoms with Crippen LogP contribution in [0, 0.1) is 0 Å². The molecule has 0 spiro atoms. The lowest BCUT2D eigenvalue weighted by atomic mass is 9.92. The van der Waals surface area contributed by atoms with E-state index < -0.39 is 41.5 Å². The third-order valence-electron chi connectivity index (χ3n) is 4.66. The van der Waals surface area contributed by atoms with Crippen LogP contribution in [0.15, 0.2) is 42.5 Å². The Morgan fingerprint density at radius 3 is 2.03 bits per heavy atom. The second-order valence-corrected chi connectivity index (χ2v) is 10.1. The van der Waals surface area contributed by atoms with E-state index in [2.05, 4.69) is 5.32 Å². The Labute approximate surface area is 218 Å². The molecule has 0 aliphatic heterocycles. The highest BCUT2D eigenvalue weighted by Crippen LogP contribution is 2.41. The minimum absolute atomic E-state index is 0.0122. The van der Waals surface area contributed by atoms with E-state index >= 15 is 0 Å². The molecule has 2 atom stereocenters. The lowest BCUT2D eigenvalue weighted by molar-refractivity contribution is -0.105. The summed E-state index contributed by atoms with van der Waals surface area (Å²) in [5, 5.41) is 2.42. The molecule has 0 aliphatic rings. The number of hydrogen-bond acceptors (Lipinski definition) is 2. The number of thioether (sulfide) groups is 1. The number of carbonyl (C=O) groups excluding carboxylic acids is 1. The van der Waals surface area contributed by atoms with E-state index in [9.17, 15) is 31.1 Å². The summed E-state index contributed by atoms with van der Waals surface area (Å²) in [6, 6.07) is 6.85. The fourth-order valence-corrected chi connectivity index (χ4v) is 4.41. The highest BCUT2D eigenvalue weighted by Gasteiger charge is 2.35. The largest absolute Gasteiger partial charge is 0.397 e. The maximum absolute atomic E-state index is 14.9. The molecule has 1 N–H and O–H groups in total. The zero-order chi connectivity index (χ0) is 26.6. The summed E-state index contributed by atoms with van der Waals surface area (Å²) in [6.45, 7) is 2.18. The maximum Gasteiger partial charge on any atom is 0.397 e. The van der Waals surface area contributed by atoms with Crippen LogP contribution < -0.4 is 5.32 Å². The molecule has 1 unspecified atom stereocenters. The fraction of sp³-hybridized carbons (Fsp3) is 0.348. The van der Waals surface area contributed by atoms with Gasteiger partial charge in [-0.2, -0.15) is 24.9 Å². The number of allylic oxidation sites excluding steroid dienone is 1. The standard InChI is InChI=1S/C23H20Cl3F6NOS/c1-12(10-35-11-23(30,31)32)33-21(34)14-5-3-13(4-6-14)19(27)9-16(22(2,28)29)15-7-17(24)20(26)18(25)8-15/h3-9,12,16H,10-11H2,1-2H3,(H,33,34)/b19-9-/t12-,16?/m1/s1. The number of halogens is 9. The van der Waals surface area contributed by atoms with E-state index in [0.717, 1.165) is 6.08 Å². The fourth-order valence-electron chi connectivity index (χ4n) is 3.01. The number of carbonyl (C=O) groups is 1. The van der Waals surface area contributed by atoms with Crippen LogP contribution in [0.3, 0.4) is 0 Å². The van der Waals surface area contributed by atoms with Gasteiger partial charge in [0.05, 0.1) is 26.7 Å². The second kappa shape index (κ2) is 12.1. The Bertz CT molecular complexity index is 1050. The van der Waals surface area contributed by atoms with E-state index in [1.54, 1.807) is 6.92 Å². The highest BCUT2D eigenvalue weighted by atomic mass is 35.5. The van der Waals surface area contributed by atoms with Gasteiger partial charge in [-0.15, -0.1) is 0 Å². The molecule has 0 saturated heterocycles. The Morgan fingerprint density at radius 1 is 1.03 bits per heavy atom. The number of benzene rings is 2. The lowest BCUT2D eigenvalue weighted by Gasteiger charge is -2.22. The summed E-state index contributed by atoms with van der Waals surface area (Å²) in [6.07, 6.45) is -3.57. The van der Waals surface area contributed by atoms with Crippen molar-refractivity contribution in [2.75, 3.05) is 11.5 Å². The Balaban J connectivity index is 2.16. The maximum atomic E-state index is 14.9. The minimum Gasteiger partial charge on any atom is -0.349 e. The lowest BCUT2D eigenvalue weighted by Crippen LogP contribution is -2.34. The van der Waals surface area contributed by atoms with E-state index in [1.807, 2.05) is 0 Å². The molecule has 0 heterocycles. The van der Waals surface area contributed by atoms with Gasteiger partial charge in [0, 0.05) is 29.8 Å². The van der Waals surface area contributed by atoms with Crippen molar-refractivity contribution in [3.05, 3.63) is 74.2 Å². The topological polar surface area (TPSA) is 29.1 Å². The first-order chi connectivity index (χ1) is 16.1. The molecule has 0 saturated carbocycles. The normalized spacial score (nSPS) is 14.5. The highest BCUT2D eigenvalue weighted by molar-refractivity contribution is 7.99. The van der Waals surface area contributed by atoms with Crippen molar-refractivity contribution < 1.29 is 31.1 Å². The summed E-state index contributed by atoms with van der Waals surface area (Å²) < 4.78 is 80.2. The minimum atomic E-state index is -4.30. The van der Waals surface area contributed by atoms with Gasteiger partial charge in [-0.05, 0) is 42.8 Å². The van der Waals surface area contributed by atoms with Crippen molar-refractivity contribution in [1.82, 2.24) is 5.32 Å². The number of rotatable bonds is 9. The molecular weight excluding hydrogens is 559 g/mol. The third kappa shape index (κ3) is 9.12. The summed E-state index contributed by atoms with van der Waals surface area (Å²) in [7, 11) is 0. The van der Waals surface area contributed by atoms with Crippen LogP contribution in [0.1, 0.15) is 41.3 Å². The quantitative estimate of drug-likeness (QED) is 0.238. The van der Waals surface area contributed by atoms with Crippen LogP contribution in [0.2, 0.25) is 15.1 Å². The van der Waals surface area contributed by atoms with Gasteiger partial charge < -0.3 is 5.32 Å². The molecule has 0 bridgehead atoms. The first kappa shape index (κ1) is 29.7. The van der Waals surface area contributed by atoms with Crippen LogP contribution >= 0.6 is 46.6 Å². The molecular formula is C23H20Cl3F6NOS. The van der Waals surface area contributed by atoms with Gasteiger partial charge in [0.15, 0.2) is 0 Å². The molecule has 0 radical (unpaired) electrons. The van der Waals surface area contributed by atoms with Gasteiger partial charge in [-0.25, -0.2) is 13.2 Å². The first-order valence-electron chi connectivity index (χ1n) is 10.0. The summed E-state index contributed by atoms with van der Waals surface area (Å²) in [5.74, 6) is -7.61. The zero-order valence-corrected chi connectivity index (χ0v) is 21.4. The second-order valence-electron chi connectivity index (χ2n) is 7.83. The van der Waals surface area contributed by atoms with Crippen molar-refractivity contribution >= 4 is 58.3 Å². The van der Waals surface area contributed by atoms with Gasteiger partial charge >= 0.3 is 6.18 Å². The monoisotopic (exact) mass is 577 g/mol. The molecule has 35 heavy (non-hydrogen) atoms. The Kier molecular flexibility index (Phi) is 10.3. The van der Waals surface area contributed by atoms with Crippen LogP contribution in [0.4, 0.5) is 26.3 Å². The third-order valence-corrected chi connectivity index (χ3v) is 7.12. The molecule has 192 valence electrons. The van der Waals surface area contributed by atoms with Gasteiger partial charge in [-0.3, -0.25) is 4.79 Å². The summed E-state index contributed by atoms with van der Waals surface area (Å²) in [4.78, 5) is 12.3. The van der Waals surface area contributed by atoms with Crippen molar-refractivity contribution in [1.29, 1.82) is 0 Å². The summed E-state index contributed by atoms with van der Waals surface area (Å²) in [5.41, 5.74) is 0.0269. The molecule has 1 amide bonds. The summed E-state index contributed by atoms with van der Waals surface area (Å²) >= 11 is 18.4. The zero-order valence-electron chi connectivity index (χ0n) is 18.3. The number of amides is 1. The Morgan fingerprint density at radius 2 is 1.54 bits per heavy atom. The van der Waals surface area contributed by atoms with Gasteiger partial charge in [-0.1, -0.05) is 46.9 Å². The van der Waals surface area contributed by atoms with Crippen molar-refractivity contribution in [2.45, 2.75) is 37.9 Å². The van der Waals surface area contributed by atoms with Gasteiger partial charge in [0.25, 0.3) is 11.8 Å². The SMILES string of the molecule is C[C@H](CSCC(F)(F)F)NC(=O)c1ccc(/C(F)=C/C(c2cc(Cl)c(Cl)c(Cl)c2)C(C)(F)F)cc1. The molecule has 12 heteroatoms. The van der Waals surface area contributed by atoms with Crippen LogP contribution in [0.5, 0.6) is 0 Å². The van der Waals surface area contributed by atoms with Crippen LogP contribution in [0.25, 0.3) is 5.83 Å². The number of hydrogen-bond donors (Lipinski definition) is 1. The van der Waals surface area contributed by atoms with E-state index in [0.29, 0.717) is 18.7 Å².